The number of piperidine rings is 1. The summed E-state index contributed by atoms with van der Waals surface area (Å²) < 4.78 is 0. The Morgan fingerprint density at radius 3 is 2.45 bits per heavy atom. The molecule has 160 valence electrons. The fraction of sp³-hybridized carbons (Fsp3) is 0.280. The molecular formula is C25H26ClN3OS. The van der Waals surface area contributed by atoms with Crippen molar-refractivity contribution in [1.82, 2.24) is 15.2 Å². The largest absolute Gasteiger partial charge is 0.349 e. The standard InChI is InChI=1S/C25H26ClN3OS/c26-22-7-3-19(4-8-22)17-29-14-11-23(12-15-29)28-25(30)21-5-9-24(10-6-21)31-18-20-2-1-13-27-16-20/h1-10,13,16,23H,11-12,14-15,17-18H2,(H,28,30). The average Bonchev–Trinajstić information content (AvgIpc) is 2.81. The van der Waals surface area contributed by atoms with E-state index < -0.39 is 0 Å². The summed E-state index contributed by atoms with van der Waals surface area (Å²) in [5.74, 6) is 0.883. The van der Waals surface area contributed by atoms with Crippen LogP contribution < -0.4 is 5.32 Å². The van der Waals surface area contributed by atoms with Crippen molar-refractivity contribution in [2.45, 2.75) is 36.1 Å². The van der Waals surface area contributed by atoms with Crippen LogP contribution in [0.4, 0.5) is 0 Å². The lowest BCUT2D eigenvalue weighted by molar-refractivity contribution is 0.0909. The number of nitrogens with one attached hydrogen (secondary N) is 1. The van der Waals surface area contributed by atoms with Gasteiger partial charge in [0.2, 0.25) is 0 Å². The summed E-state index contributed by atoms with van der Waals surface area (Å²) in [6.07, 6.45) is 5.61. The lowest BCUT2D eigenvalue weighted by Gasteiger charge is -2.32. The summed E-state index contributed by atoms with van der Waals surface area (Å²) in [5, 5.41) is 3.98. The van der Waals surface area contributed by atoms with E-state index in [1.807, 2.05) is 48.7 Å². The van der Waals surface area contributed by atoms with Crippen molar-refractivity contribution in [3.8, 4) is 0 Å². The number of amides is 1. The minimum absolute atomic E-state index is 0.0139. The molecule has 6 heteroatoms. The molecule has 4 nitrogen and oxygen atoms in total. The molecule has 1 N–H and O–H groups in total. The Labute approximate surface area is 193 Å². The van der Waals surface area contributed by atoms with E-state index in [2.05, 4.69) is 33.4 Å². The molecule has 1 aliphatic heterocycles. The topological polar surface area (TPSA) is 45.2 Å². The molecule has 0 radical (unpaired) electrons. The molecule has 1 aromatic heterocycles. The monoisotopic (exact) mass is 451 g/mol. The molecule has 3 aromatic rings. The summed E-state index contributed by atoms with van der Waals surface area (Å²) in [6, 6.07) is 20.1. The van der Waals surface area contributed by atoms with Gasteiger partial charge < -0.3 is 5.32 Å². The van der Waals surface area contributed by atoms with Crippen LogP contribution in [-0.2, 0) is 12.3 Å². The van der Waals surface area contributed by atoms with Gasteiger partial charge in [0, 0.05) is 59.3 Å². The highest BCUT2D eigenvalue weighted by molar-refractivity contribution is 7.98. The summed E-state index contributed by atoms with van der Waals surface area (Å²) in [5.41, 5.74) is 3.18. The van der Waals surface area contributed by atoms with Gasteiger partial charge in [-0.1, -0.05) is 29.8 Å². The van der Waals surface area contributed by atoms with Gasteiger partial charge in [0.1, 0.15) is 0 Å². The quantitative estimate of drug-likeness (QED) is 0.487. The molecule has 31 heavy (non-hydrogen) atoms. The number of rotatable bonds is 7. The highest BCUT2D eigenvalue weighted by Crippen LogP contribution is 2.23. The molecule has 0 atom stereocenters. The van der Waals surface area contributed by atoms with Gasteiger partial charge in [0.05, 0.1) is 0 Å². The van der Waals surface area contributed by atoms with E-state index in [1.165, 1.54) is 11.1 Å². The van der Waals surface area contributed by atoms with Gasteiger partial charge in [0.25, 0.3) is 5.91 Å². The van der Waals surface area contributed by atoms with Crippen LogP contribution in [0, 0.1) is 0 Å². The Hall–Kier alpha value is -2.34. The zero-order valence-corrected chi connectivity index (χ0v) is 18.9. The zero-order valence-electron chi connectivity index (χ0n) is 17.3. The fourth-order valence-corrected chi connectivity index (χ4v) is 4.66. The van der Waals surface area contributed by atoms with Crippen LogP contribution in [0.2, 0.25) is 5.02 Å². The third kappa shape index (κ3) is 6.57. The van der Waals surface area contributed by atoms with Crippen LogP contribution in [0.5, 0.6) is 0 Å². The summed E-state index contributed by atoms with van der Waals surface area (Å²) >= 11 is 7.71. The predicted molar refractivity (Wildman–Crippen MR) is 127 cm³/mol. The van der Waals surface area contributed by atoms with E-state index in [9.17, 15) is 4.79 Å². The number of nitrogens with zero attached hydrogens (tertiary/aromatic N) is 2. The van der Waals surface area contributed by atoms with Crippen molar-refractivity contribution >= 4 is 29.3 Å². The number of pyridine rings is 1. The van der Waals surface area contributed by atoms with Gasteiger partial charge in [0.15, 0.2) is 0 Å². The Morgan fingerprint density at radius 2 is 1.77 bits per heavy atom. The minimum Gasteiger partial charge on any atom is -0.349 e. The molecule has 0 spiro atoms. The molecule has 1 saturated heterocycles. The number of likely N-dealkylation sites (tertiary alicyclic amines) is 1. The number of benzene rings is 2. The fourth-order valence-electron chi connectivity index (χ4n) is 3.70. The van der Waals surface area contributed by atoms with Crippen molar-refractivity contribution in [3.05, 3.63) is 94.8 Å². The van der Waals surface area contributed by atoms with Crippen molar-refractivity contribution in [2.75, 3.05) is 13.1 Å². The van der Waals surface area contributed by atoms with Crippen LogP contribution in [0.3, 0.4) is 0 Å². The van der Waals surface area contributed by atoms with Crippen LogP contribution in [0.1, 0.15) is 34.3 Å². The number of thioether (sulfide) groups is 1. The number of hydrogen-bond donors (Lipinski definition) is 1. The van der Waals surface area contributed by atoms with E-state index in [0.717, 1.165) is 48.1 Å². The maximum Gasteiger partial charge on any atom is 0.251 e. The Kier molecular flexibility index (Phi) is 7.62. The average molecular weight is 452 g/mol. The van der Waals surface area contributed by atoms with Gasteiger partial charge in [-0.3, -0.25) is 14.7 Å². The zero-order chi connectivity index (χ0) is 21.5. The smallest absolute Gasteiger partial charge is 0.251 e. The number of halogens is 1. The molecule has 1 aliphatic rings. The molecule has 2 heterocycles. The van der Waals surface area contributed by atoms with Crippen LogP contribution >= 0.6 is 23.4 Å². The second kappa shape index (κ2) is 10.8. The van der Waals surface area contributed by atoms with E-state index in [1.54, 1.807) is 18.0 Å². The van der Waals surface area contributed by atoms with Crippen LogP contribution in [0.15, 0.2) is 78.0 Å². The van der Waals surface area contributed by atoms with Gasteiger partial charge in [-0.2, -0.15) is 0 Å². The molecule has 4 rings (SSSR count). The highest BCUT2D eigenvalue weighted by atomic mass is 35.5. The third-order valence-corrected chi connectivity index (χ3v) is 6.82. The molecular weight excluding hydrogens is 426 g/mol. The highest BCUT2D eigenvalue weighted by Gasteiger charge is 2.21. The molecule has 2 aromatic carbocycles. The van der Waals surface area contributed by atoms with Gasteiger partial charge >= 0.3 is 0 Å². The van der Waals surface area contributed by atoms with Gasteiger partial charge in [-0.05, 0) is 66.4 Å². The van der Waals surface area contributed by atoms with Gasteiger partial charge in [-0.25, -0.2) is 0 Å². The van der Waals surface area contributed by atoms with Gasteiger partial charge in [-0.15, -0.1) is 11.8 Å². The first-order valence-corrected chi connectivity index (χ1v) is 11.9. The second-order valence-corrected chi connectivity index (χ2v) is 9.31. The second-order valence-electron chi connectivity index (χ2n) is 7.82. The molecule has 1 fully saturated rings. The number of aromatic nitrogens is 1. The first kappa shape index (κ1) is 21.9. The number of hydrogen-bond acceptors (Lipinski definition) is 4. The lowest BCUT2D eigenvalue weighted by atomic mass is 10.0. The summed E-state index contributed by atoms with van der Waals surface area (Å²) in [4.78, 5) is 20.4. The third-order valence-electron chi connectivity index (χ3n) is 5.49. The Morgan fingerprint density at radius 1 is 1.03 bits per heavy atom. The van der Waals surface area contributed by atoms with E-state index >= 15 is 0 Å². The van der Waals surface area contributed by atoms with Crippen LogP contribution in [0.25, 0.3) is 0 Å². The lowest BCUT2D eigenvalue weighted by Crippen LogP contribution is -2.44. The SMILES string of the molecule is O=C(NC1CCN(Cc2ccc(Cl)cc2)CC1)c1ccc(SCc2cccnc2)cc1. The minimum atomic E-state index is 0.0139. The van der Waals surface area contributed by atoms with E-state index in [-0.39, 0.29) is 11.9 Å². The van der Waals surface area contributed by atoms with Crippen molar-refractivity contribution in [2.24, 2.45) is 0 Å². The molecule has 0 bridgehead atoms. The Bertz CT molecular complexity index is 972. The van der Waals surface area contributed by atoms with Crippen molar-refractivity contribution in [3.63, 3.8) is 0 Å². The maximum absolute atomic E-state index is 12.7. The maximum atomic E-state index is 12.7. The molecule has 0 saturated carbocycles. The Balaban J connectivity index is 1.22. The number of carbonyl (C=O) groups excluding carboxylic acids is 1. The first-order valence-electron chi connectivity index (χ1n) is 10.6. The van der Waals surface area contributed by atoms with Crippen molar-refractivity contribution in [1.29, 1.82) is 0 Å². The van der Waals surface area contributed by atoms with Crippen molar-refractivity contribution < 1.29 is 4.79 Å². The molecule has 0 aliphatic carbocycles. The summed E-state index contributed by atoms with van der Waals surface area (Å²) in [7, 11) is 0. The van der Waals surface area contributed by atoms with E-state index in [4.69, 9.17) is 11.6 Å². The number of carbonyl (C=O) groups is 1. The van der Waals surface area contributed by atoms with Crippen LogP contribution in [-0.4, -0.2) is 34.9 Å². The summed E-state index contributed by atoms with van der Waals surface area (Å²) in [6.45, 7) is 2.89. The molecule has 1 amide bonds. The molecule has 0 unspecified atom stereocenters. The van der Waals surface area contributed by atoms with E-state index in [0.29, 0.717) is 5.56 Å². The normalized spacial score (nSPS) is 15.0. The first-order chi connectivity index (χ1) is 15.2. The predicted octanol–water partition coefficient (Wildman–Crippen LogP) is 5.42.